The van der Waals surface area contributed by atoms with E-state index < -0.39 is 0 Å². The molecule has 1 heterocycles. The van der Waals surface area contributed by atoms with Crippen LogP contribution in [0.5, 0.6) is 11.5 Å². The first-order valence-corrected chi connectivity index (χ1v) is 14.3. The fraction of sp³-hybridized carbons (Fsp3) is 0.214. The standard InChI is InChI=1S/C28H25I2NO4S/c1-17-5-8-20(9-6-17)16-35-26-22(29)13-21(14-23(26)30)15-25-27(32)31(28(33)36-25)10-11-34-24-12-18(2)4-7-19(24)3/h4-9,12-15H,10-11,16H2,1-3H3/b25-15-. The van der Waals surface area contributed by atoms with Gasteiger partial charge in [0.15, 0.2) is 0 Å². The summed E-state index contributed by atoms with van der Waals surface area (Å²) in [7, 11) is 0. The Kier molecular flexibility index (Phi) is 9.00. The largest absolute Gasteiger partial charge is 0.491 e. The van der Waals surface area contributed by atoms with Crippen LogP contribution in [0, 0.1) is 27.9 Å². The van der Waals surface area contributed by atoms with Crippen molar-refractivity contribution in [2.75, 3.05) is 13.2 Å². The second kappa shape index (κ2) is 12.0. The van der Waals surface area contributed by atoms with E-state index in [9.17, 15) is 9.59 Å². The minimum absolute atomic E-state index is 0.205. The van der Waals surface area contributed by atoms with E-state index in [1.807, 2.05) is 44.2 Å². The fourth-order valence-corrected chi connectivity index (χ4v) is 6.59. The van der Waals surface area contributed by atoms with Gasteiger partial charge in [-0.05, 0) is 124 Å². The fourth-order valence-electron chi connectivity index (χ4n) is 3.59. The number of rotatable bonds is 8. The third-order valence-electron chi connectivity index (χ3n) is 5.61. The minimum atomic E-state index is -0.292. The second-order valence-electron chi connectivity index (χ2n) is 8.54. The molecule has 1 aliphatic rings. The van der Waals surface area contributed by atoms with Gasteiger partial charge in [0, 0.05) is 0 Å². The molecule has 0 aromatic heterocycles. The zero-order chi connectivity index (χ0) is 25.8. The lowest BCUT2D eigenvalue weighted by Crippen LogP contribution is -2.32. The summed E-state index contributed by atoms with van der Waals surface area (Å²) in [5.41, 5.74) is 5.28. The molecule has 1 saturated heterocycles. The van der Waals surface area contributed by atoms with E-state index >= 15 is 0 Å². The number of carbonyl (C=O) groups excluding carboxylic acids is 2. The number of thioether (sulfide) groups is 1. The summed E-state index contributed by atoms with van der Waals surface area (Å²) in [6, 6.07) is 18.2. The van der Waals surface area contributed by atoms with Crippen molar-refractivity contribution in [3.8, 4) is 11.5 Å². The second-order valence-corrected chi connectivity index (χ2v) is 11.9. The van der Waals surface area contributed by atoms with Crippen molar-refractivity contribution in [3.63, 3.8) is 0 Å². The molecule has 0 bridgehead atoms. The number of ether oxygens (including phenoxy) is 2. The smallest absolute Gasteiger partial charge is 0.293 e. The Balaban J connectivity index is 1.41. The van der Waals surface area contributed by atoms with Crippen LogP contribution >= 0.6 is 56.9 Å². The van der Waals surface area contributed by atoms with E-state index in [1.54, 1.807) is 6.08 Å². The summed E-state index contributed by atoms with van der Waals surface area (Å²) in [4.78, 5) is 27.1. The number of amides is 2. The molecule has 3 aromatic rings. The Morgan fingerprint density at radius 3 is 2.25 bits per heavy atom. The highest BCUT2D eigenvalue weighted by atomic mass is 127. The Labute approximate surface area is 242 Å². The van der Waals surface area contributed by atoms with Crippen LogP contribution in [-0.4, -0.2) is 29.2 Å². The lowest BCUT2D eigenvalue weighted by molar-refractivity contribution is -0.123. The molecule has 4 rings (SSSR count). The molecule has 0 N–H and O–H groups in total. The van der Waals surface area contributed by atoms with Crippen molar-refractivity contribution < 1.29 is 19.1 Å². The minimum Gasteiger partial charge on any atom is -0.491 e. The SMILES string of the molecule is Cc1ccc(COc2c(I)cc(/C=C3\SC(=O)N(CCOc4cc(C)ccc4C)C3=O)cc2I)cc1. The summed E-state index contributed by atoms with van der Waals surface area (Å²) < 4.78 is 13.8. The molecule has 0 radical (unpaired) electrons. The maximum Gasteiger partial charge on any atom is 0.293 e. The van der Waals surface area contributed by atoms with Crippen LogP contribution in [0.15, 0.2) is 59.5 Å². The first-order valence-electron chi connectivity index (χ1n) is 11.3. The maximum atomic E-state index is 12.9. The van der Waals surface area contributed by atoms with Gasteiger partial charge >= 0.3 is 0 Å². The van der Waals surface area contributed by atoms with Gasteiger partial charge in [-0.1, -0.05) is 42.0 Å². The highest BCUT2D eigenvalue weighted by Crippen LogP contribution is 2.35. The average Bonchev–Trinajstić information content (AvgIpc) is 3.09. The molecular weight excluding hydrogens is 700 g/mol. The van der Waals surface area contributed by atoms with E-state index in [0.29, 0.717) is 11.5 Å². The molecule has 5 nitrogen and oxygen atoms in total. The van der Waals surface area contributed by atoms with Gasteiger partial charge in [0.1, 0.15) is 24.7 Å². The topological polar surface area (TPSA) is 55.8 Å². The molecule has 0 spiro atoms. The predicted octanol–water partition coefficient (Wildman–Crippen LogP) is 7.52. The molecule has 8 heteroatoms. The molecule has 186 valence electrons. The van der Waals surface area contributed by atoms with Crippen LogP contribution in [0.25, 0.3) is 6.08 Å². The van der Waals surface area contributed by atoms with Crippen molar-refractivity contribution in [2.24, 2.45) is 0 Å². The zero-order valence-corrected chi connectivity index (χ0v) is 25.3. The zero-order valence-electron chi connectivity index (χ0n) is 20.1. The van der Waals surface area contributed by atoms with Crippen LogP contribution < -0.4 is 9.47 Å². The Morgan fingerprint density at radius 2 is 1.56 bits per heavy atom. The average molecular weight is 725 g/mol. The van der Waals surface area contributed by atoms with Crippen LogP contribution in [-0.2, 0) is 11.4 Å². The lowest BCUT2D eigenvalue weighted by Gasteiger charge is -2.14. The molecule has 2 amide bonds. The summed E-state index contributed by atoms with van der Waals surface area (Å²) >= 11 is 5.45. The van der Waals surface area contributed by atoms with E-state index in [-0.39, 0.29) is 24.3 Å². The van der Waals surface area contributed by atoms with E-state index in [1.165, 1.54) is 10.5 Å². The summed E-state index contributed by atoms with van der Waals surface area (Å²) in [6.07, 6.45) is 1.77. The highest BCUT2D eigenvalue weighted by molar-refractivity contribution is 14.1. The highest BCUT2D eigenvalue weighted by Gasteiger charge is 2.34. The third kappa shape index (κ3) is 6.63. The molecule has 36 heavy (non-hydrogen) atoms. The molecular formula is C28H25I2NO4S. The summed E-state index contributed by atoms with van der Waals surface area (Å²) in [5.74, 6) is 1.29. The first-order chi connectivity index (χ1) is 17.2. The van der Waals surface area contributed by atoms with E-state index in [2.05, 4.69) is 76.4 Å². The monoisotopic (exact) mass is 725 g/mol. The Hall–Kier alpha value is -2.05. The number of hydrogen-bond donors (Lipinski definition) is 0. The Morgan fingerprint density at radius 1 is 0.889 bits per heavy atom. The van der Waals surface area contributed by atoms with E-state index in [4.69, 9.17) is 9.47 Å². The van der Waals surface area contributed by atoms with Gasteiger partial charge < -0.3 is 9.47 Å². The van der Waals surface area contributed by atoms with Gasteiger partial charge in [-0.3, -0.25) is 14.5 Å². The summed E-state index contributed by atoms with van der Waals surface area (Å²) in [6.45, 7) is 6.96. The molecule has 1 fully saturated rings. The maximum absolute atomic E-state index is 12.9. The van der Waals surface area contributed by atoms with Gasteiger partial charge in [-0.15, -0.1) is 0 Å². The number of halogens is 2. The number of benzene rings is 3. The quantitative estimate of drug-likeness (QED) is 0.178. The van der Waals surface area contributed by atoms with Crippen LogP contribution in [0.2, 0.25) is 0 Å². The first kappa shape index (κ1) is 27.0. The van der Waals surface area contributed by atoms with Gasteiger partial charge in [0.05, 0.1) is 18.6 Å². The van der Waals surface area contributed by atoms with Crippen LogP contribution in [0.1, 0.15) is 27.8 Å². The lowest BCUT2D eigenvalue weighted by atomic mass is 10.1. The molecule has 0 atom stereocenters. The van der Waals surface area contributed by atoms with Gasteiger partial charge in [0.2, 0.25) is 0 Å². The molecule has 1 aliphatic heterocycles. The Bertz CT molecular complexity index is 1310. The number of hydrogen-bond acceptors (Lipinski definition) is 5. The molecule has 0 aliphatic carbocycles. The number of carbonyl (C=O) groups is 2. The molecule has 0 saturated carbocycles. The van der Waals surface area contributed by atoms with Crippen molar-refractivity contribution in [1.82, 2.24) is 4.90 Å². The van der Waals surface area contributed by atoms with Crippen molar-refractivity contribution in [1.29, 1.82) is 0 Å². The van der Waals surface area contributed by atoms with Crippen LogP contribution in [0.4, 0.5) is 4.79 Å². The number of nitrogens with zero attached hydrogens (tertiary/aromatic N) is 1. The van der Waals surface area contributed by atoms with Crippen LogP contribution in [0.3, 0.4) is 0 Å². The van der Waals surface area contributed by atoms with Gasteiger partial charge in [-0.25, -0.2) is 0 Å². The normalized spacial score (nSPS) is 14.6. The summed E-state index contributed by atoms with van der Waals surface area (Å²) in [5, 5.41) is -0.279. The number of aryl methyl sites for hydroxylation is 3. The third-order valence-corrected chi connectivity index (χ3v) is 8.12. The molecule has 0 unspecified atom stereocenters. The van der Waals surface area contributed by atoms with E-state index in [0.717, 1.165) is 52.7 Å². The van der Waals surface area contributed by atoms with Crippen molar-refractivity contribution in [3.05, 3.63) is 94.5 Å². The molecule has 3 aromatic carbocycles. The number of imide groups is 1. The van der Waals surface area contributed by atoms with Gasteiger partial charge in [0.25, 0.3) is 11.1 Å². The van der Waals surface area contributed by atoms with Crippen molar-refractivity contribution in [2.45, 2.75) is 27.4 Å². The van der Waals surface area contributed by atoms with Gasteiger partial charge in [-0.2, -0.15) is 0 Å². The van der Waals surface area contributed by atoms with Crippen molar-refractivity contribution >= 4 is 74.2 Å². The predicted molar refractivity (Wildman–Crippen MR) is 161 cm³/mol.